The van der Waals surface area contributed by atoms with Crippen molar-refractivity contribution in [3.63, 3.8) is 0 Å². The van der Waals surface area contributed by atoms with Gasteiger partial charge < -0.3 is 5.11 Å². The average molecular weight is 292 g/mol. The zero-order valence-corrected chi connectivity index (χ0v) is 12.8. The second-order valence-corrected chi connectivity index (χ2v) is 6.48. The van der Waals surface area contributed by atoms with Gasteiger partial charge in [-0.05, 0) is 37.5 Å². The molecule has 2 nitrogen and oxygen atoms in total. The molecule has 1 aliphatic carbocycles. The van der Waals surface area contributed by atoms with Crippen molar-refractivity contribution < 1.29 is 5.11 Å². The summed E-state index contributed by atoms with van der Waals surface area (Å²) in [4.78, 5) is 0. The zero-order chi connectivity index (χ0) is 14.6. The standard InChI is InChI=1S/C17H22ClNO/c1-16(20,14-8-7-9-15(18)12-14)17(13-19)10-5-3-2-4-6-11-17/h7-9,12,20H,2-6,10-11H2,1H3. The first-order valence-corrected chi connectivity index (χ1v) is 7.79. The van der Waals surface area contributed by atoms with Crippen LogP contribution in [0, 0.1) is 16.7 Å². The summed E-state index contributed by atoms with van der Waals surface area (Å²) in [5.41, 5.74) is -1.13. The van der Waals surface area contributed by atoms with Crippen LogP contribution in [0.1, 0.15) is 57.4 Å². The minimum Gasteiger partial charge on any atom is -0.384 e. The predicted molar refractivity (Wildman–Crippen MR) is 81.4 cm³/mol. The van der Waals surface area contributed by atoms with Crippen LogP contribution in [-0.4, -0.2) is 5.11 Å². The fraction of sp³-hybridized carbons (Fsp3) is 0.588. The highest BCUT2D eigenvalue weighted by Crippen LogP contribution is 2.48. The summed E-state index contributed by atoms with van der Waals surface area (Å²) in [5.74, 6) is 0. The van der Waals surface area contributed by atoms with Crippen LogP contribution >= 0.6 is 11.6 Å². The maximum Gasteiger partial charge on any atom is 0.105 e. The number of hydrogen-bond acceptors (Lipinski definition) is 2. The van der Waals surface area contributed by atoms with Gasteiger partial charge in [0.05, 0.1) is 11.5 Å². The summed E-state index contributed by atoms with van der Waals surface area (Å²) in [6.07, 6.45) is 7.05. The van der Waals surface area contributed by atoms with Gasteiger partial charge in [-0.3, -0.25) is 0 Å². The molecule has 0 amide bonds. The average Bonchev–Trinajstić information content (AvgIpc) is 2.39. The lowest BCUT2D eigenvalue weighted by molar-refractivity contribution is -0.0582. The van der Waals surface area contributed by atoms with E-state index in [4.69, 9.17) is 11.6 Å². The number of hydrogen-bond donors (Lipinski definition) is 1. The first-order chi connectivity index (χ1) is 9.52. The third kappa shape index (κ3) is 2.85. The number of rotatable bonds is 2. The molecular weight excluding hydrogens is 270 g/mol. The van der Waals surface area contributed by atoms with Crippen LogP contribution in [0.4, 0.5) is 0 Å². The molecule has 1 unspecified atom stereocenters. The molecule has 0 bridgehead atoms. The Labute approximate surface area is 126 Å². The van der Waals surface area contributed by atoms with E-state index in [1.54, 1.807) is 19.1 Å². The van der Waals surface area contributed by atoms with Crippen LogP contribution in [-0.2, 0) is 5.60 Å². The molecule has 0 heterocycles. The number of halogens is 1. The highest BCUT2D eigenvalue weighted by atomic mass is 35.5. The molecule has 20 heavy (non-hydrogen) atoms. The summed E-state index contributed by atoms with van der Waals surface area (Å²) in [6, 6.07) is 9.72. The molecule has 1 atom stereocenters. The molecule has 0 aromatic heterocycles. The summed E-state index contributed by atoms with van der Waals surface area (Å²) >= 11 is 6.04. The van der Waals surface area contributed by atoms with Gasteiger partial charge in [0.25, 0.3) is 0 Å². The number of nitrogens with zero attached hydrogens (tertiary/aromatic N) is 1. The number of benzene rings is 1. The van der Waals surface area contributed by atoms with Crippen molar-refractivity contribution in [3.05, 3.63) is 34.9 Å². The summed E-state index contributed by atoms with van der Waals surface area (Å²) in [6.45, 7) is 1.77. The molecule has 0 radical (unpaired) electrons. The minimum absolute atomic E-state index is 0.599. The van der Waals surface area contributed by atoms with Crippen LogP contribution in [0.5, 0.6) is 0 Å². The molecular formula is C17H22ClNO. The van der Waals surface area contributed by atoms with Gasteiger partial charge in [0.15, 0.2) is 0 Å². The van der Waals surface area contributed by atoms with Crippen molar-refractivity contribution in [3.8, 4) is 6.07 Å². The second kappa shape index (κ2) is 6.16. The summed E-state index contributed by atoms with van der Waals surface area (Å²) in [7, 11) is 0. The summed E-state index contributed by atoms with van der Waals surface area (Å²) < 4.78 is 0. The zero-order valence-electron chi connectivity index (χ0n) is 12.0. The van der Waals surface area contributed by atoms with Gasteiger partial charge in [-0.15, -0.1) is 0 Å². The topological polar surface area (TPSA) is 44.0 Å². The molecule has 1 aromatic carbocycles. The normalized spacial score (nSPS) is 22.1. The van der Waals surface area contributed by atoms with Crippen molar-refractivity contribution >= 4 is 11.6 Å². The quantitative estimate of drug-likeness (QED) is 0.850. The van der Waals surface area contributed by atoms with Crippen molar-refractivity contribution in [1.29, 1.82) is 5.26 Å². The molecule has 108 valence electrons. The van der Waals surface area contributed by atoms with E-state index in [0.29, 0.717) is 5.02 Å². The Morgan fingerprint density at radius 1 is 1.20 bits per heavy atom. The van der Waals surface area contributed by atoms with Crippen LogP contribution < -0.4 is 0 Å². The van der Waals surface area contributed by atoms with E-state index in [-0.39, 0.29) is 0 Å². The molecule has 1 fully saturated rings. The van der Waals surface area contributed by atoms with Gasteiger partial charge in [0.1, 0.15) is 5.60 Å². The Morgan fingerprint density at radius 2 is 1.80 bits per heavy atom. The van der Waals surface area contributed by atoms with Gasteiger partial charge in [-0.2, -0.15) is 5.26 Å². The molecule has 1 saturated carbocycles. The maximum atomic E-state index is 11.1. The van der Waals surface area contributed by atoms with E-state index in [1.165, 1.54) is 6.42 Å². The molecule has 1 aliphatic rings. The fourth-order valence-electron chi connectivity index (χ4n) is 3.28. The lowest BCUT2D eigenvalue weighted by Crippen LogP contribution is -2.43. The van der Waals surface area contributed by atoms with E-state index in [0.717, 1.165) is 44.1 Å². The van der Waals surface area contributed by atoms with E-state index >= 15 is 0 Å². The summed E-state index contributed by atoms with van der Waals surface area (Å²) in [5, 5.41) is 21.5. The molecule has 3 heteroatoms. The Kier molecular flexibility index (Phi) is 4.73. The first-order valence-electron chi connectivity index (χ1n) is 7.41. The Morgan fingerprint density at radius 3 is 2.35 bits per heavy atom. The molecule has 1 N–H and O–H groups in total. The van der Waals surface area contributed by atoms with Crippen molar-refractivity contribution in [2.75, 3.05) is 0 Å². The third-order valence-electron chi connectivity index (χ3n) is 4.74. The Bertz CT molecular complexity index is 496. The van der Waals surface area contributed by atoms with Crippen molar-refractivity contribution in [2.24, 2.45) is 5.41 Å². The third-order valence-corrected chi connectivity index (χ3v) is 4.97. The minimum atomic E-state index is -1.16. The lowest BCUT2D eigenvalue weighted by atomic mass is 9.64. The number of aliphatic hydroxyl groups is 1. The monoisotopic (exact) mass is 291 g/mol. The van der Waals surface area contributed by atoms with Crippen LogP contribution in [0.25, 0.3) is 0 Å². The highest BCUT2D eigenvalue weighted by Gasteiger charge is 2.48. The van der Waals surface area contributed by atoms with E-state index in [9.17, 15) is 10.4 Å². The molecule has 0 saturated heterocycles. The van der Waals surface area contributed by atoms with E-state index in [2.05, 4.69) is 6.07 Å². The first kappa shape index (κ1) is 15.4. The number of nitriles is 1. The van der Waals surface area contributed by atoms with Gasteiger partial charge in [-0.1, -0.05) is 55.8 Å². The Balaban J connectivity index is 2.39. The molecule has 0 spiro atoms. The van der Waals surface area contributed by atoms with Crippen molar-refractivity contribution in [2.45, 2.75) is 57.5 Å². The van der Waals surface area contributed by atoms with E-state index < -0.39 is 11.0 Å². The van der Waals surface area contributed by atoms with Crippen LogP contribution in [0.3, 0.4) is 0 Å². The van der Waals surface area contributed by atoms with Crippen molar-refractivity contribution in [1.82, 2.24) is 0 Å². The molecule has 0 aliphatic heterocycles. The van der Waals surface area contributed by atoms with Gasteiger partial charge >= 0.3 is 0 Å². The lowest BCUT2D eigenvalue weighted by Gasteiger charge is -2.42. The highest BCUT2D eigenvalue weighted by molar-refractivity contribution is 6.30. The molecule has 2 rings (SSSR count). The molecule has 1 aromatic rings. The predicted octanol–water partition coefficient (Wildman–Crippen LogP) is 4.80. The van der Waals surface area contributed by atoms with E-state index in [1.807, 2.05) is 12.1 Å². The smallest absolute Gasteiger partial charge is 0.105 e. The van der Waals surface area contributed by atoms with Gasteiger partial charge in [-0.25, -0.2) is 0 Å². The van der Waals surface area contributed by atoms with Crippen LogP contribution in [0.2, 0.25) is 5.02 Å². The van der Waals surface area contributed by atoms with Gasteiger partial charge in [0.2, 0.25) is 0 Å². The Hall–Kier alpha value is -1.04. The maximum absolute atomic E-state index is 11.1. The fourth-order valence-corrected chi connectivity index (χ4v) is 3.47. The second-order valence-electron chi connectivity index (χ2n) is 6.04. The SMILES string of the molecule is CC(O)(c1cccc(Cl)c1)C1(C#N)CCCCCCC1. The van der Waals surface area contributed by atoms with Gasteiger partial charge in [0, 0.05) is 5.02 Å². The largest absolute Gasteiger partial charge is 0.384 e. The van der Waals surface area contributed by atoms with Crippen LogP contribution in [0.15, 0.2) is 24.3 Å².